The zero-order valence-electron chi connectivity index (χ0n) is 5.42. The third kappa shape index (κ3) is 0.761. The van der Waals surface area contributed by atoms with Gasteiger partial charge in [-0.3, -0.25) is 0 Å². The van der Waals surface area contributed by atoms with Crippen LogP contribution in [0.15, 0.2) is 0 Å². The van der Waals surface area contributed by atoms with Crippen LogP contribution in [0.3, 0.4) is 0 Å². The van der Waals surface area contributed by atoms with Crippen molar-refractivity contribution in [1.29, 1.82) is 0 Å². The van der Waals surface area contributed by atoms with Crippen molar-refractivity contribution in [1.82, 2.24) is 0 Å². The van der Waals surface area contributed by atoms with E-state index in [1.165, 1.54) is 6.92 Å². The Kier molecular flexibility index (Phi) is 1.21. The molecule has 1 fully saturated rings. The molecule has 0 aliphatic heterocycles. The smallest absolute Gasteiger partial charge is 0.0480 e. The van der Waals surface area contributed by atoms with Gasteiger partial charge in [0.15, 0.2) is 0 Å². The lowest BCUT2D eigenvalue weighted by Crippen LogP contribution is -2.36. The molecule has 0 N–H and O–H groups in total. The molecule has 2 atom stereocenters. The van der Waals surface area contributed by atoms with Gasteiger partial charge < -0.3 is 19.8 Å². The van der Waals surface area contributed by atoms with Crippen molar-refractivity contribution < 1.29 is 19.8 Å². The molecule has 10 heavy (non-hydrogen) atoms. The molecule has 0 bridgehead atoms. The average molecular weight is 142 g/mol. The number of rotatable bonds is 2. The van der Waals surface area contributed by atoms with Gasteiger partial charge in [0.05, 0.1) is 0 Å². The Labute approximate surface area is 57.5 Å². The summed E-state index contributed by atoms with van der Waals surface area (Å²) in [4.78, 5) is 20.3. The third-order valence-corrected chi connectivity index (χ3v) is 1.99. The molecule has 56 valence electrons. The summed E-state index contributed by atoms with van der Waals surface area (Å²) in [6.45, 7) is 1.35. The number of aliphatic carboxylic acids is 2. The van der Waals surface area contributed by atoms with Crippen molar-refractivity contribution in [2.45, 2.75) is 13.3 Å². The van der Waals surface area contributed by atoms with Gasteiger partial charge in [0.1, 0.15) is 0 Å². The average Bonchev–Trinajstić information content (AvgIpc) is 2.43. The molecule has 4 heteroatoms. The number of carboxylic acid groups (broad SMARTS) is 2. The van der Waals surface area contributed by atoms with E-state index in [2.05, 4.69) is 0 Å². The van der Waals surface area contributed by atoms with E-state index in [0.717, 1.165) is 0 Å². The van der Waals surface area contributed by atoms with Crippen LogP contribution in [-0.2, 0) is 9.59 Å². The summed E-state index contributed by atoms with van der Waals surface area (Å²) in [7, 11) is 0. The van der Waals surface area contributed by atoms with E-state index in [1.807, 2.05) is 0 Å². The molecule has 0 radical (unpaired) electrons. The quantitative estimate of drug-likeness (QED) is 0.427. The molecule has 1 aliphatic carbocycles. The molecule has 0 amide bonds. The molecule has 1 aliphatic rings. The maximum atomic E-state index is 10.2. The number of hydrogen-bond donors (Lipinski definition) is 0. The highest BCUT2D eigenvalue weighted by Gasteiger charge is 2.52. The Balaban J connectivity index is 2.65. The fourth-order valence-corrected chi connectivity index (χ4v) is 0.934. The molecule has 0 saturated heterocycles. The minimum absolute atomic E-state index is 0.137. The molecule has 0 heterocycles. The summed E-state index contributed by atoms with van der Waals surface area (Å²) in [6, 6.07) is 0. The Hall–Kier alpha value is -1.06. The first kappa shape index (κ1) is 7.05. The second-order valence-electron chi connectivity index (χ2n) is 2.78. The summed E-state index contributed by atoms with van der Waals surface area (Å²) in [5.41, 5.74) is -1.17. The molecule has 0 aromatic rings. The normalized spacial score (nSPS) is 37.1. The zero-order chi connectivity index (χ0) is 7.94. The van der Waals surface area contributed by atoms with Crippen LogP contribution in [0.4, 0.5) is 0 Å². The van der Waals surface area contributed by atoms with Gasteiger partial charge in [-0.2, -0.15) is 0 Å². The van der Waals surface area contributed by atoms with Crippen LogP contribution in [0.5, 0.6) is 0 Å². The van der Waals surface area contributed by atoms with Gasteiger partial charge in [-0.15, -0.1) is 0 Å². The largest absolute Gasteiger partial charge is 0.550 e. The molecule has 1 saturated carbocycles. The summed E-state index contributed by atoms with van der Waals surface area (Å²) < 4.78 is 0. The monoisotopic (exact) mass is 142 g/mol. The Morgan fingerprint density at radius 1 is 1.50 bits per heavy atom. The van der Waals surface area contributed by atoms with Gasteiger partial charge in [-0.25, -0.2) is 0 Å². The van der Waals surface area contributed by atoms with E-state index in [0.29, 0.717) is 0 Å². The standard InChI is InChI=1S/C6H8O4/c1-6(5(9)10)2-3(6)4(7)8/h3H,2H2,1H3,(H,7,8)(H,9,10)/p-2/t3-,6-/m1/s1. The summed E-state index contributed by atoms with van der Waals surface area (Å²) in [6.07, 6.45) is 0.137. The Morgan fingerprint density at radius 3 is 2.10 bits per heavy atom. The van der Waals surface area contributed by atoms with Crippen LogP contribution in [0.25, 0.3) is 0 Å². The van der Waals surface area contributed by atoms with E-state index in [4.69, 9.17) is 0 Å². The lowest BCUT2D eigenvalue weighted by molar-refractivity contribution is -0.320. The van der Waals surface area contributed by atoms with Crippen molar-refractivity contribution in [2.75, 3.05) is 0 Å². The fraction of sp³-hybridized carbons (Fsp3) is 0.667. The highest BCUT2D eigenvalue weighted by atomic mass is 16.4. The van der Waals surface area contributed by atoms with E-state index in [9.17, 15) is 19.8 Å². The van der Waals surface area contributed by atoms with Crippen molar-refractivity contribution in [2.24, 2.45) is 11.3 Å². The molecule has 4 nitrogen and oxygen atoms in total. The number of carbonyl (C=O) groups excluding carboxylic acids is 2. The predicted molar refractivity (Wildman–Crippen MR) is 26.2 cm³/mol. The van der Waals surface area contributed by atoms with E-state index < -0.39 is 23.3 Å². The second kappa shape index (κ2) is 1.71. The van der Waals surface area contributed by atoms with Crippen molar-refractivity contribution >= 4 is 11.9 Å². The van der Waals surface area contributed by atoms with Crippen LogP contribution in [0.2, 0.25) is 0 Å². The van der Waals surface area contributed by atoms with Crippen molar-refractivity contribution in [3.8, 4) is 0 Å². The first-order chi connectivity index (χ1) is 4.48. The van der Waals surface area contributed by atoms with Gasteiger partial charge >= 0.3 is 0 Å². The predicted octanol–water partition coefficient (Wildman–Crippen LogP) is -2.49. The minimum Gasteiger partial charge on any atom is -0.550 e. The van der Waals surface area contributed by atoms with Gasteiger partial charge in [0.2, 0.25) is 0 Å². The highest BCUT2D eigenvalue weighted by molar-refractivity contribution is 5.86. The van der Waals surface area contributed by atoms with Crippen LogP contribution in [-0.4, -0.2) is 11.9 Å². The van der Waals surface area contributed by atoms with E-state index in [-0.39, 0.29) is 6.42 Å². The molecule has 0 unspecified atom stereocenters. The van der Waals surface area contributed by atoms with Gasteiger partial charge in [-0.1, -0.05) is 6.92 Å². The topological polar surface area (TPSA) is 80.3 Å². The summed E-state index contributed by atoms with van der Waals surface area (Å²) in [5, 5.41) is 20.3. The Bertz CT molecular complexity index is 198. The zero-order valence-corrected chi connectivity index (χ0v) is 5.42. The number of hydrogen-bond acceptors (Lipinski definition) is 4. The second-order valence-corrected chi connectivity index (χ2v) is 2.78. The molecule has 0 aromatic heterocycles. The summed E-state index contributed by atoms with van der Waals surface area (Å²) in [5.74, 6) is -3.45. The van der Waals surface area contributed by atoms with Crippen LogP contribution < -0.4 is 10.2 Å². The number of carbonyl (C=O) groups is 2. The number of carboxylic acids is 2. The minimum atomic E-state index is -1.30. The molecular weight excluding hydrogens is 136 g/mol. The first-order valence-corrected chi connectivity index (χ1v) is 2.91. The van der Waals surface area contributed by atoms with E-state index >= 15 is 0 Å². The maximum Gasteiger partial charge on any atom is 0.0480 e. The SMILES string of the molecule is C[C@@]1(C(=O)[O-])C[C@@H]1C(=O)[O-]. The van der Waals surface area contributed by atoms with Crippen LogP contribution >= 0.6 is 0 Å². The highest BCUT2D eigenvalue weighted by Crippen LogP contribution is 2.51. The van der Waals surface area contributed by atoms with Crippen LogP contribution in [0, 0.1) is 11.3 Å². The summed E-state index contributed by atoms with van der Waals surface area (Å²) >= 11 is 0. The van der Waals surface area contributed by atoms with Crippen molar-refractivity contribution in [3.63, 3.8) is 0 Å². The molecule has 1 rings (SSSR count). The fourth-order valence-electron chi connectivity index (χ4n) is 0.934. The lowest BCUT2D eigenvalue weighted by Gasteiger charge is -2.11. The molecule has 0 spiro atoms. The van der Waals surface area contributed by atoms with Gasteiger partial charge in [0.25, 0.3) is 0 Å². The van der Waals surface area contributed by atoms with Gasteiger partial charge in [-0.05, 0) is 6.42 Å². The van der Waals surface area contributed by atoms with Crippen molar-refractivity contribution in [3.05, 3.63) is 0 Å². The Morgan fingerprint density at radius 2 is 2.00 bits per heavy atom. The van der Waals surface area contributed by atoms with E-state index in [1.54, 1.807) is 0 Å². The van der Waals surface area contributed by atoms with Gasteiger partial charge in [0, 0.05) is 23.3 Å². The molecular formula is C6H6O4-2. The first-order valence-electron chi connectivity index (χ1n) is 2.91. The third-order valence-electron chi connectivity index (χ3n) is 1.99. The molecule has 0 aromatic carbocycles. The maximum absolute atomic E-state index is 10.2. The van der Waals surface area contributed by atoms with Crippen LogP contribution in [0.1, 0.15) is 13.3 Å². The lowest BCUT2D eigenvalue weighted by atomic mass is 10.1.